The predicted octanol–water partition coefficient (Wildman–Crippen LogP) is 4.70. The molecule has 2 aromatic rings. The first-order chi connectivity index (χ1) is 13.7. The Hall–Kier alpha value is -3.39. The molecular formula is C23H25N3O2. The zero-order valence-corrected chi connectivity index (χ0v) is 16.1. The maximum Gasteiger partial charge on any atom is 0.277 e. The molecule has 0 atom stereocenters. The number of nitrogens with one attached hydrogen (secondary N) is 1. The van der Waals surface area contributed by atoms with Gasteiger partial charge < -0.3 is 4.74 Å². The van der Waals surface area contributed by atoms with Crippen molar-refractivity contribution < 1.29 is 9.53 Å². The molecule has 0 unspecified atom stereocenters. The van der Waals surface area contributed by atoms with Crippen LogP contribution in [0.5, 0.6) is 5.75 Å². The number of amides is 1. The van der Waals surface area contributed by atoms with Crippen molar-refractivity contribution in [1.82, 2.24) is 5.43 Å². The number of benzene rings is 2. The first-order valence-corrected chi connectivity index (χ1v) is 9.41. The number of hydrazone groups is 1. The van der Waals surface area contributed by atoms with Gasteiger partial charge in [-0.1, -0.05) is 56.2 Å². The fourth-order valence-electron chi connectivity index (χ4n) is 2.51. The molecule has 0 spiro atoms. The summed E-state index contributed by atoms with van der Waals surface area (Å²) in [6.45, 7) is 2.03. The Morgan fingerprint density at radius 3 is 2.57 bits per heavy atom. The molecule has 5 heteroatoms. The Morgan fingerprint density at radius 2 is 1.89 bits per heavy atom. The van der Waals surface area contributed by atoms with E-state index in [1.54, 1.807) is 30.5 Å². The number of allylic oxidation sites excluding steroid dienone is 1. The number of carbonyl (C=O) groups is 1. The second-order valence-corrected chi connectivity index (χ2v) is 6.31. The average molecular weight is 375 g/mol. The van der Waals surface area contributed by atoms with Gasteiger partial charge in [-0.3, -0.25) is 4.79 Å². The van der Waals surface area contributed by atoms with E-state index >= 15 is 0 Å². The lowest BCUT2D eigenvalue weighted by atomic mass is 10.1. The summed E-state index contributed by atoms with van der Waals surface area (Å²) in [5.41, 5.74) is 5.21. The standard InChI is InChI=1S/C23H25N3O2/c1-2-3-5-10-21(15-19-8-6-4-7-9-19)17-25-26-23(27)18-28-22-13-11-20(16-24)12-14-22/h4,6-9,11-15,17H,2-3,5,10,18H2,1H3,(H,26,27)/b21-15+,25-17-. The third kappa shape index (κ3) is 7.88. The summed E-state index contributed by atoms with van der Waals surface area (Å²) in [4.78, 5) is 11.9. The monoisotopic (exact) mass is 375 g/mol. The number of ether oxygens (including phenoxy) is 1. The number of hydrogen-bond acceptors (Lipinski definition) is 4. The molecule has 0 aliphatic heterocycles. The number of unbranched alkanes of at least 4 members (excludes halogenated alkanes) is 2. The normalized spacial score (nSPS) is 11.2. The Morgan fingerprint density at radius 1 is 1.14 bits per heavy atom. The summed E-state index contributed by atoms with van der Waals surface area (Å²) >= 11 is 0. The Bertz CT molecular complexity index is 834. The van der Waals surface area contributed by atoms with Crippen LogP contribution in [0.1, 0.15) is 43.7 Å². The third-order valence-electron chi connectivity index (χ3n) is 3.99. The topological polar surface area (TPSA) is 74.5 Å². The zero-order chi connectivity index (χ0) is 20.0. The zero-order valence-electron chi connectivity index (χ0n) is 16.1. The molecule has 0 fully saturated rings. The summed E-state index contributed by atoms with van der Waals surface area (Å²) in [6, 6.07) is 18.7. The van der Waals surface area contributed by atoms with Gasteiger partial charge in [-0.25, -0.2) is 5.43 Å². The Balaban J connectivity index is 1.87. The van der Waals surface area contributed by atoms with Crippen molar-refractivity contribution in [2.45, 2.75) is 32.6 Å². The fraction of sp³-hybridized carbons (Fsp3) is 0.261. The van der Waals surface area contributed by atoms with E-state index in [-0.39, 0.29) is 12.5 Å². The lowest BCUT2D eigenvalue weighted by Gasteiger charge is -2.05. The van der Waals surface area contributed by atoms with Crippen molar-refractivity contribution >= 4 is 18.2 Å². The van der Waals surface area contributed by atoms with Gasteiger partial charge in [0.25, 0.3) is 5.91 Å². The molecule has 0 aliphatic rings. The highest BCUT2D eigenvalue weighted by Gasteiger charge is 2.02. The molecule has 2 aromatic carbocycles. The van der Waals surface area contributed by atoms with Crippen molar-refractivity contribution in [2.75, 3.05) is 6.61 Å². The van der Waals surface area contributed by atoms with Gasteiger partial charge in [0.15, 0.2) is 6.61 Å². The van der Waals surface area contributed by atoms with E-state index < -0.39 is 0 Å². The van der Waals surface area contributed by atoms with Crippen LogP contribution in [0, 0.1) is 11.3 Å². The molecule has 0 bridgehead atoms. The highest BCUT2D eigenvalue weighted by atomic mass is 16.5. The molecule has 0 aliphatic carbocycles. The first-order valence-electron chi connectivity index (χ1n) is 9.41. The molecule has 28 heavy (non-hydrogen) atoms. The van der Waals surface area contributed by atoms with Gasteiger partial charge in [-0.15, -0.1) is 0 Å². The summed E-state index contributed by atoms with van der Waals surface area (Å²) in [7, 11) is 0. The first kappa shape index (κ1) is 20.9. The van der Waals surface area contributed by atoms with Crippen LogP contribution in [0.2, 0.25) is 0 Å². The van der Waals surface area contributed by atoms with E-state index in [0.29, 0.717) is 11.3 Å². The highest BCUT2D eigenvalue weighted by molar-refractivity contribution is 5.87. The van der Waals surface area contributed by atoms with Crippen LogP contribution in [0.3, 0.4) is 0 Å². The van der Waals surface area contributed by atoms with Crippen molar-refractivity contribution in [3.05, 3.63) is 71.3 Å². The van der Waals surface area contributed by atoms with Crippen molar-refractivity contribution in [3.63, 3.8) is 0 Å². The van der Waals surface area contributed by atoms with Crippen LogP contribution in [-0.4, -0.2) is 18.7 Å². The largest absolute Gasteiger partial charge is 0.484 e. The minimum atomic E-state index is -0.340. The number of nitrogens with zero attached hydrogens (tertiary/aromatic N) is 2. The molecule has 1 amide bonds. The van der Waals surface area contributed by atoms with Gasteiger partial charge in [-0.2, -0.15) is 10.4 Å². The Kier molecular flexibility index (Phi) is 9.02. The van der Waals surface area contributed by atoms with Gasteiger partial charge in [-0.05, 0) is 48.2 Å². The minimum absolute atomic E-state index is 0.142. The van der Waals surface area contributed by atoms with Gasteiger partial charge in [0.05, 0.1) is 17.8 Å². The van der Waals surface area contributed by atoms with Gasteiger partial charge in [0.2, 0.25) is 0 Å². The second-order valence-electron chi connectivity index (χ2n) is 6.31. The number of carbonyl (C=O) groups excluding carboxylic acids is 1. The molecule has 0 aromatic heterocycles. The molecular weight excluding hydrogens is 350 g/mol. The molecule has 144 valence electrons. The number of hydrogen-bond donors (Lipinski definition) is 1. The average Bonchev–Trinajstić information content (AvgIpc) is 2.73. The van der Waals surface area contributed by atoms with Crippen molar-refractivity contribution in [3.8, 4) is 11.8 Å². The smallest absolute Gasteiger partial charge is 0.277 e. The predicted molar refractivity (Wildman–Crippen MR) is 112 cm³/mol. The van der Waals surface area contributed by atoms with Gasteiger partial charge in [0, 0.05) is 0 Å². The molecule has 1 N–H and O–H groups in total. The minimum Gasteiger partial charge on any atom is -0.484 e. The lowest BCUT2D eigenvalue weighted by molar-refractivity contribution is -0.123. The third-order valence-corrected chi connectivity index (χ3v) is 3.99. The second kappa shape index (κ2) is 12.1. The maximum absolute atomic E-state index is 11.9. The van der Waals surface area contributed by atoms with Crippen LogP contribution in [0.4, 0.5) is 0 Å². The Labute approximate surface area is 166 Å². The molecule has 5 nitrogen and oxygen atoms in total. The van der Waals surface area contributed by atoms with Gasteiger partial charge in [0.1, 0.15) is 5.75 Å². The molecule has 0 radical (unpaired) electrons. The quantitative estimate of drug-likeness (QED) is 0.371. The lowest BCUT2D eigenvalue weighted by Crippen LogP contribution is -2.24. The molecule has 0 heterocycles. The summed E-state index contributed by atoms with van der Waals surface area (Å²) in [5, 5.41) is 12.8. The van der Waals surface area contributed by atoms with Crippen molar-refractivity contribution in [2.24, 2.45) is 5.10 Å². The van der Waals surface area contributed by atoms with Crippen LogP contribution in [0.15, 0.2) is 65.3 Å². The van der Waals surface area contributed by atoms with Crippen LogP contribution in [0.25, 0.3) is 6.08 Å². The summed E-state index contributed by atoms with van der Waals surface area (Å²) < 4.78 is 5.39. The van der Waals surface area contributed by atoms with Gasteiger partial charge >= 0.3 is 0 Å². The van der Waals surface area contributed by atoms with E-state index in [0.717, 1.165) is 36.8 Å². The number of nitriles is 1. The van der Waals surface area contributed by atoms with E-state index in [2.05, 4.69) is 23.5 Å². The summed E-state index contributed by atoms with van der Waals surface area (Å²) in [5.74, 6) is 0.190. The SMILES string of the molecule is CCCCCC(/C=N\NC(=O)COc1ccc(C#N)cc1)=C\c1ccccc1. The molecule has 2 rings (SSSR count). The fourth-order valence-corrected chi connectivity index (χ4v) is 2.51. The van der Waals surface area contributed by atoms with Crippen LogP contribution >= 0.6 is 0 Å². The van der Waals surface area contributed by atoms with E-state index in [9.17, 15) is 4.79 Å². The van der Waals surface area contributed by atoms with Crippen LogP contribution in [-0.2, 0) is 4.79 Å². The van der Waals surface area contributed by atoms with Crippen molar-refractivity contribution in [1.29, 1.82) is 5.26 Å². The maximum atomic E-state index is 11.9. The molecule has 0 saturated heterocycles. The highest BCUT2D eigenvalue weighted by Crippen LogP contribution is 2.13. The molecule has 0 saturated carbocycles. The number of rotatable bonds is 10. The summed E-state index contributed by atoms with van der Waals surface area (Å²) in [6.07, 6.45) is 8.07. The van der Waals surface area contributed by atoms with E-state index in [1.807, 2.05) is 36.4 Å². The van der Waals surface area contributed by atoms with Crippen LogP contribution < -0.4 is 10.2 Å². The van der Waals surface area contributed by atoms with E-state index in [4.69, 9.17) is 10.00 Å². The van der Waals surface area contributed by atoms with E-state index in [1.165, 1.54) is 0 Å².